The molecule has 146 valence electrons. The predicted octanol–water partition coefficient (Wildman–Crippen LogP) is 3.54. The third-order valence-electron chi connectivity index (χ3n) is 5.24. The first kappa shape index (κ1) is 18.7. The summed E-state index contributed by atoms with van der Waals surface area (Å²) in [6.45, 7) is 4.19. The van der Waals surface area contributed by atoms with E-state index in [1.807, 2.05) is 42.8 Å². The molecule has 6 nitrogen and oxygen atoms in total. The van der Waals surface area contributed by atoms with Gasteiger partial charge in [0.05, 0.1) is 29.9 Å². The van der Waals surface area contributed by atoms with Crippen molar-refractivity contribution >= 4 is 33.8 Å². The molecular weight excluding hydrogens is 372 g/mol. The quantitative estimate of drug-likeness (QED) is 0.714. The Morgan fingerprint density at radius 1 is 1.32 bits per heavy atom. The van der Waals surface area contributed by atoms with Gasteiger partial charge in [0.25, 0.3) is 0 Å². The summed E-state index contributed by atoms with van der Waals surface area (Å²) in [5, 5.41) is 7.16. The average molecular weight is 397 g/mol. The van der Waals surface area contributed by atoms with Gasteiger partial charge in [0.1, 0.15) is 5.75 Å². The van der Waals surface area contributed by atoms with Crippen LogP contribution in [-0.4, -0.2) is 36.1 Å². The minimum absolute atomic E-state index is 0.0543. The highest BCUT2D eigenvalue weighted by molar-refractivity contribution is 7.09. The fourth-order valence-electron chi connectivity index (χ4n) is 3.71. The van der Waals surface area contributed by atoms with E-state index in [0.29, 0.717) is 6.54 Å². The maximum absolute atomic E-state index is 12.5. The van der Waals surface area contributed by atoms with Crippen LogP contribution < -0.4 is 15.0 Å². The van der Waals surface area contributed by atoms with Gasteiger partial charge in [-0.05, 0) is 44.0 Å². The van der Waals surface area contributed by atoms with Gasteiger partial charge < -0.3 is 15.0 Å². The minimum Gasteiger partial charge on any atom is -0.497 e. The molecule has 1 aliphatic heterocycles. The standard InChI is InChI=1S/C21H24N4O2S/c1-14-24-16(13-28-14)12-23-21(26)15-6-9-25(10-7-15)20-5-8-22-19-4-3-17(27-2)11-18(19)20/h3-5,8,11,13,15H,6-7,9-10,12H2,1-2H3,(H,23,26). The van der Waals surface area contributed by atoms with Crippen LogP contribution in [0.5, 0.6) is 5.75 Å². The third kappa shape index (κ3) is 3.94. The second-order valence-corrected chi connectivity index (χ2v) is 8.11. The lowest BCUT2D eigenvalue weighted by Crippen LogP contribution is -2.40. The van der Waals surface area contributed by atoms with Crippen molar-refractivity contribution in [2.24, 2.45) is 5.92 Å². The summed E-state index contributed by atoms with van der Waals surface area (Å²) in [7, 11) is 1.67. The Kier molecular flexibility index (Phi) is 5.43. The zero-order chi connectivity index (χ0) is 19.5. The van der Waals surface area contributed by atoms with Crippen molar-refractivity contribution < 1.29 is 9.53 Å². The molecule has 1 amide bonds. The summed E-state index contributed by atoms with van der Waals surface area (Å²) in [6.07, 6.45) is 3.53. The van der Waals surface area contributed by atoms with Crippen LogP contribution in [0.3, 0.4) is 0 Å². The van der Waals surface area contributed by atoms with Crippen molar-refractivity contribution in [1.82, 2.24) is 15.3 Å². The van der Waals surface area contributed by atoms with Gasteiger partial charge in [0, 0.05) is 41.7 Å². The fraction of sp³-hybridized carbons (Fsp3) is 0.381. The van der Waals surface area contributed by atoms with Crippen molar-refractivity contribution in [3.63, 3.8) is 0 Å². The predicted molar refractivity (Wildman–Crippen MR) is 112 cm³/mol. The smallest absolute Gasteiger partial charge is 0.223 e. The molecule has 0 unspecified atom stereocenters. The highest BCUT2D eigenvalue weighted by Crippen LogP contribution is 2.31. The summed E-state index contributed by atoms with van der Waals surface area (Å²) in [6, 6.07) is 8.00. The zero-order valence-corrected chi connectivity index (χ0v) is 17.0. The maximum Gasteiger partial charge on any atom is 0.223 e. The van der Waals surface area contributed by atoms with Crippen molar-refractivity contribution in [2.75, 3.05) is 25.1 Å². The number of thiazole rings is 1. The van der Waals surface area contributed by atoms with Crippen LogP contribution in [0.2, 0.25) is 0 Å². The van der Waals surface area contributed by atoms with E-state index in [0.717, 1.165) is 59.0 Å². The minimum atomic E-state index is 0.0543. The fourth-order valence-corrected chi connectivity index (χ4v) is 4.32. The Labute approximate surface area is 168 Å². The summed E-state index contributed by atoms with van der Waals surface area (Å²) in [4.78, 5) is 23.7. The van der Waals surface area contributed by atoms with Crippen LogP contribution in [0.25, 0.3) is 10.9 Å². The molecule has 0 bridgehead atoms. The first-order valence-electron chi connectivity index (χ1n) is 9.50. The topological polar surface area (TPSA) is 67.3 Å². The summed E-state index contributed by atoms with van der Waals surface area (Å²) >= 11 is 1.61. The van der Waals surface area contributed by atoms with Gasteiger partial charge in [-0.2, -0.15) is 0 Å². The zero-order valence-electron chi connectivity index (χ0n) is 16.1. The number of hydrogen-bond acceptors (Lipinski definition) is 6. The van der Waals surface area contributed by atoms with E-state index in [9.17, 15) is 4.79 Å². The monoisotopic (exact) mass is 396 g/mol. The normalized spacial score (nSPS) is 15.0. The molecule has 0 aliphatic carbocycles. The largest absolute Gasteiger partial charge is 0.497 e. The SMILES string of the molecule is COc1ccc2nccc(N3CCC(C(=O)NCc4csc(C)n4)CC3)c2c1. The number of piperidine rings is 1. The van der Waals surface area contributed by atoms with Crippen LogP contribution in [0.1, 0.15) is 23.5 Å². The van der Waals surface area contributed by atoms with E-state index >= 15 is 0 Å². The maximum atomic E-state index is 12.5. The van der Waals surface area contributed by atoms with Crippen molar-refractivity contribution in [3.05, 3.63) is 46.5 Å². The number of methoxy groups -OCH3 is 1. The number of nitrogens with one attached hydrogen (secondary N) is 1. The van der Waals surface area contributed by atoms with E-state index in [1.165, 1.54) is 0 Å². The van der Waals surface area contributed by atoms with Crippen molar-refractivity contribution in [3.8, 4) is 5.75 Å². The molecule has 0 radical (unpaired) electrons. The number of hydrogen-bond donors (Lipinski definition) is 1. The molecule has 1 aliphatic rings. The molecule has 7 heteroatoms. The number of amides is 1. The van der Waals surface area contributed by atoms with E-state index < -0.39 is 0 Å². The van der Waals surface area contributed by atoms with Gasteiger partial charge in [-0.3, -0.25) is 9.78 Å². The first-order chi connectivity index (χ1) is 13.6. The number of carbonyl (C=O) groups excluding carboxylic acids is 1. The molecule has 28 heavy (non-hydrogen) atoms. The van der Waals surface area contributed by atoms with Crippen molar-refractivity contribution in [1.29, 1.82) is 0 Å². The number of benzene rings is 1. The Morgan fingerprint density at radius 2 is 2.14 bits per heavy atom. The Hall–Kier alpha value is -2.67. The molecule has 4 rings (SSSR count). The van der Waals surface area contributed by atoms with E-state index in [4.69, 9.17) is 4.74 Å². The van der Waals surface area contributed by atoms with E-state index in [-0.39, 0.29) is 11.8 Å². The van der Waals surface area contributed by atoms with Gasteiger partial charge >= 0.3 is 0 Å². The molecule has 1 N–H and O–H groups in total. The lowest BCUT2D eigenvalue weighted by Gasteiger charge is -2.33. The Bertz CT molecular complexity index is 979. The number of aryl methyl sites for hydroxylation is 1. The Morgan fingerprint density at radius 3 is 2.86 bits per heavy atom. The van der Waals surface area contributed by atoms with Gasteiger partial charge in [0.15, 0.2) is 0 Å². The van der Waals surface area contributed by atoms with Gasteiger partial charge in [-0.25, -0.2) is 4.98 Å². The molecule has 2 aromatic heterocycles. The van der Waals surface area contributed by atoms with Crippen LogP contribution in [0.4, 0.5) is 5.69 Å². The van der Waals surface area contributed by atoms with Crippen LogP contribution in [0, 0.1) is 12.8 Å². The molecule has 1 fully saturated rings. The van der Waals surface area contributed by atoms with Crippen LogP contribution >= 0.6 is 11.3 Å². The number of aromatic nitrogens is 2. The lowest BCUT2D eigenvalue weighted by atomic mass is 9.95. The average Bonchev–Trinajstić information content (AvgIpc) is 3.16. The first-order valence-corrected chi connectivity index (χ1v) is 10.4. The second-order valence-electron chi connectivity index (χ2n) is 7.05. The van der Waals surface area contributed by atoms with E-state index in [1.54, 1.807) is 18.4 Å². The van der Waals surface area contributed by atoms with Crippen LogP contribution in [-0.2, 0) is 11.3 Å². The molecule has 0 spiro atoms. The molecule has 3 heterocycles. The number of carbonyl (C=O) groups is 1. The lowest BCUT2D eigenvalue weighted by molar-refractivity contribution is -0.125. The highest BCUT2D eigenvalue weighted by Gasteiger charge is 2.26. The summed E-state index contributed by atoms with van der Waals surface area (Å²) < 4.78 is 5.37. The number of ether oxygens (including phenoxy) is 1. The van der Waals surface area contributed by atoms with Gasteiger partial charge in [-0.1, -0.05) is 0 Å². The second kappa shape index (κ2) is 8.14. The number of fused-ring (bicyclic) bond motifs is 1. The number of rotatable bonds is 5. The summed E-state index contributed by atoms with van der Waals surface area (Å²) in [5.41, 5.74) is 3.04. The number of anilines is 1. The molecule has 3 aromatic rings. The number of pyridine rings is 1. The van der Waals surface area contributed by atoms with E-state index in [2.05, 4.69) is 20.2 Å². The summed E-state index contributed by atoms with van der Waals surface area (Å²) in [5.74, 6) is 1.01. The van der Waals surface area contributed by atoms with Crippen molar-refractivity contribution in [2.45, 2.75) is 26.3 Å². The van der Waals surface area contributed by atoms with Gasteiger partial charge in [-0.15, -0.1) is 11.3 Å². The molecule has 1 aromatic carbocycles. The molecular formula is C21H24N4O2S. The van der Waals surface area contributed by atoms with Gasteiger partial charge in [0.2, 0.25) is 5.91 Å². The molecule has 0 atom stereocenters. The highest BCUT2D eigenvalue weighted by atomic mass is 32.1. The third-order valence-corrected chi connectivity index (χ3v) is 6.06. The molecule has 0 saturated carbocycles. The Balaban J connectivity index is 1.40. The van der Waals surface area contributed by atoms with Crippen LogP contribution in [0.15, 0.2) is 35.8 Å². The molecule has 1 saturated heterocycles. The number of nitrogens with zero attached hydrogens (tertiary/aromatic N) is 3.